The van der Waals surface area contributed by atoms with Gasteiger partial charge >= 0.3 is 5.97 Å². The summed E-state index contributed by atoms with van der Waals surface area (Å²) in [5.74, 6) is -1.25. The van der Waals surface area contributed by atoms with Crippen molar-refractivity contribution in [1.29, 1.82) is 0 Å². The Hall–Kier alpha value is -2.14. The van der Waals surface area contributed by atoms with Gasteiger partial charge < -0.3 is 15.2 Å². The van der Waals surface area contributed by atoms with E-state index in [9.17, 15) is 9.59 Å². The summed E-state index contributed by atoms with van der Waals surface area (Å²) in [6.07, 6.45) is 2.48. The molecule has 0 bridgehead atoms. The summed E-state index contributed by atoms with van der Waals surface area (Å²) < 4.78 is 5.04. The molecular weight excluding hydrogens is 258 g/mol. The van der Waals surface area contributed by atoms with Crippen LogP contribution in [0.2, 0.25) is 0 Å². The molecule has 108 valence electrons. The van der Waals surface area contributed by atoms with Crippen LogP contribution in [0.1, 0.15) is 29.8 Å². The van der Waals surface area contributed by atoms with Gasteiger partial charge in [0.2, 0.25) is 0 Å². The average Bonchev–Trinajstić information content (AvgIpc) is 2.36. The Morgan fingerprint density at radius 1 is 1.40 bits per heavy atom. The topological polar surface area (TPSA) is 75.6 Å². The third-order valence-electron chi connectivity index (χ3n) is 2.52. The fourth-order valence-electron chi connectivity index (χ4n) is 1.73. The van der Waals surface area contributed by atoms with E-state index in [0.717, 1.165) is 6.08 Å². The zero-order valence-electron chi connectivity index (χ0n) is 11.8. The van der Waals surface area contributed by atoms with Gasteiger partial charge in [-0.25, -0.2) is 4.79 Å². The van der Waals surface area contributed by atoms with Crippen LogP contribution in [-0.2, 0) is 9.53 Å². The summed E-state index contributed by atoms with van der Waals surface area (Å²) in [4.78, 5) is 22.6. The van der Waals surface area contributed by atoms with Gasteiger partial charge in [0.15, 0.2) is 0 Å². The van der Waals surface area contributed by atoms with Crippen molar-refractivity contribution < 1.29 is 19.4 Å². The lowest BCUT2D eigenvalue weighted by Gasteiger charge is -2.25. The Labute approximate surface area is 118 Å². The first kappa shape index (κ1) is 15.9. The molecule has 0 saturated carbocycles. The van der Waals surface area contributed by atoms with Crippen LogP contribution in [0.4, 0.5) is 0 Å². The van der Waals surface area contributed by atoms with Crippen LogP contribution in [-0.4, -0.2) is 36.2 Å². The Balaban J connectivity index is 2.84. The molecular formula is C15H19NO4. The van der Waals surface area contributed by atoms with E-state index in [2.05, 4.69) is 5.32 Å². The molecule has 0 aliphatic rings. The Kier molecular flexibility index (Phi) is 5.46. The number of amides is 1. The number of rotatable bonds is 6. The second-order valence-corrected chi connectivity index (χ2v) is 5.07. The Morgan fingerprint density at radius 2 is 2.10 bits per heavy atom. The molecule has 0 heterocycles. The molecule has 0 spiro atoms. The smallest absolute Gasteiger partial charge is 0.328 e. The van der Waals surface area contributed by atoms with Crippen molar-refractivity contribution in [1.82, 2.24) is 5.32 Å². The second kappa shape index (κ2) is 6.86. The minimum Gasteiger partial charge on any atom is -0.478 e. The maximum atomic E-state index is 12.1. The van der Waals surface area contributed by atoms with E-state index in [-0.39, 0.29) is 5.91 Å². The monoisotopic (exact) mass is 277 g/mol. The molecule has 0 aliphatic heterocycles. The number of benzene rings is 1. The summed E-state index contributed by atoms with van der Waals surface area (Å²) in [5.41, 5.74) is 0.657. The molecule has 0 saturated heterocycles. The van der Waals surface area contributed by atoms with Crippen molar-refractivity contribution in [2.75, 3.05) is 13.7 Å². The minimum atomic E-state index is -1.03. The van der Waals surface area contributed by atoms with Crippen molar-refractivity contribution in [2.24, 2.45) is 0 Å². The predicted molar refractivity (Wildman–Crippen MR) is 76.5 cm³/mol. The summed E-state index contributed by atoms with van der Waals surface area (Å²) in [7, 11) is 1.57. The van der Waals surface area contributed by atoms with E-state index in [0.29, 0.717) is 17.7 Å². The fraction of sp³-hybridized carbons (Fsp3) is 0.333. The number of hydrogen-bond donors (Lipinski definition) is 2. The van der Waals surface area contributed by atoms with Crippen LogP contribution in [0.25, 0.3) is 6.08 Å². The Morgan fingerprint density at radius 3 is 2.70 bits per heavy atom. The minimum absolute atomic E-state index is 0.224. The van der Waals surface area contributed by atoms with Gasteiger partial charge in [-0.2, -0.15) is 0 Å². The van der Waals surface area contributed by atoms with Crippen LogP contribution in [0.3, 0.4) is 0 Å². The molecule has 0 radical (unpaired) electrons. The number of carbonyl (C=O) groups is 2. The molecule has 5 heteroatoms. The third kappa shape index (κ3) is 5.24. The van der Waals surface area contributed by atoms with Gasteiger partial charge in [-0.3, -0.25) is 4.79 Å². The highest BCUT2D eigenvalue weighted by Gasteiger charge is 2.20. The van der Waals surface area contributed by atoms with Crippen molar-refractivity contribution in [3.63, 3.8) is 0 Å². The second-order valence-electron chi connectivity index (χ2n) is 5.07. The lowest BCUT2D eigenvalue weighted by Crippen LogP contribution is -2.46. The number of ether oxygens (including phenoxy) is 1. The zero-order chi connectivity index (χ0) is 15.2. The number of carbonyl (C=O) groups excluding carboxylic acids is 1. The molecule has 1 rings (SSSR count). The van der Waals surface area contributed by atoms with Gasteiger partial charge in [0.25, 0.3) is 5.91 Å². The van der Waals surface area contributed by atoms with Crippen LogP contribution in [0, 0.1) is 0 Å². The normalized spacial score (nSPS) is 11.6. The van der Waals surface area contributed by atoms with Gasteiger partial charge in [-0.05, 0) is 37.6 Å². The lowest BCUT2D eigenvalue weighted by atomic mass is 10.0. The van der Waals surface area contributed by atoms with Crippen LogP contribution in [0.15, 0.2) is 30.3 Å². The van der Waals surface area contributed by atoms with Gasteiger partial charge in [-0.1, -0.05) is 12.1 Å². The van der Waals surface area contributed by atoms with E-state index >= 15 is 0 Å². The maximum absolute atomic E-state index is 12.1. The first-order valence-corrected chi connectivity index (χ1v) is 6.16. The number of hydrogen-bond acceptors (Lipinski definition) is 3. The number of aliphatic carboxylic acids is 1. The standard InChI is InChI=1S/C15H19NO4/c1-15(2,10-20-3)16-14(19)12-6-4-5-11(9-12)7-8-13(17)18/h4-9H,10H2,1-3H3,(H,16,19)(H,17,18)/b8-7+. The van der Waals surface area contributed by atoms with Crippen LogP contribution >= 0.6 is 0 Å². The lowest BCUT2D eigenvalue weighted by molar-refractivity contribution is -0.131. The third-order valence-corrected chi connectivity index (χ3v) is 2.52. The molecule has 1 amide bonds. The van der Waals surface area contributed by atoms with Crippen LogP contribution < -0.4 is 5.32 Å². The highest BCUT2D eigenvalue weighted by molar-refractivity contribution is 5.95. The first-order valence-electron chi connectivity index (χ1n) is 6.16. The molecule has 1 aromatic rings. The van der Waals surface area contributed by atoms with Gasteiger partial charge in [-0.15, -0.1) is 0 Å². The molecule has 1 aromatic carbocycles. The SMILES string of the molecule is COCC(C)(C)NC(=O)c1cccc(/C=C/C(=O)O)c1. The molecule has 0 atom stereocenters. The van der Waals surface area contributed by atoms with Crippen molar-refractivity contribution in [3.8, 4) is 0 Å². The predicted octanol–water partition coefficient (Wildman–Crippen LogP) is 1.94. The van der Waals surface area contributed by atoms with Crippen molar-refractivity contribution in [2.45, 2.75) is 19.4 Å². The summed E-state index contributed by atoms with van der Waals surface area (Å²) in [6, 6.07) is 6.75. The van der Waals surface area contributed by atoms with Crippen LogP contribution in [0.5, 0.6) is 0 Å². The van der Waals surface area contributed by atoms with Gasteiger partial charge in [0.05, 0.1) is 12.1 Å². The summed E-state index contributed by atoms with van der Waals surface area (Å²) in [5, 5.41) is 11.4. The van der Waals surface area contributed by atoms with Gasteiger partial charge in [0.1, 0.15) is 0 Å². The molecule has 0 aromatic heterocycles. The quantitative estimate of drug-likeness (QED) is 0.779. The fourth-order valence-corrected chi connectivity index (χ4v) is 1.73. The highest BCUT2D eigenvalue weighted by Crippen LogP contribution is 2.10. The molecule has 20 heavy (non-hydrogen) atoms. The van der Waals surface area contributed by atoms with Gasteiger partial charge in [0, 0.05) is 18.7 Å². The van der Waals surface area contributed by atoms with E-state index in [1.54, 1.807) is 31.4 Å². The zero-order valence-corrected chi connectivity index (χ0v) is 11.8. The number of nitrogens with one attached hydrogen (secondary N) is 1. The summed E-state index contributed by atoms with van der Waals surface area (Å²) in [6.45, 7) is 4.13. The number of carboxylic acid groups (broad SMARTS) is 1. The number of methoxy groups -OCH3 is 1. The molecule has 0 aliphatic carbocycles. The maximum Gasteiger partial charge on any atom is 0.328 e. The molecule has 2 N–H and O–H groups in total. The number of carboxylic acids is 1. The molecule has 0 unspecified atom stereocenters. The van der Waals surface area contributed by atoms with E-state index in [1.165, 1.54) is 6.08 Å². The molecule has 5 nitrogen and oxygen atoms in total. The van der Waals surface area contributed by atoms with E-state index in [1.807, 2.05) is 13.8 Å². The first-order chi connectivity index (χ1) is 9.34. The Bertz CT molecular complexity index is 520. The van der Waals surface area contributed by atoms with Crippen molar-refractivity contribution >= 4 is 18.0 Å². The van der Waals surface area contributed by atoms with Crippen molar-refractivity contribution in [3.05, 3.63) is 41.5 Å². The highest BCUT2D eigenvalue weighted by atomic mass is 16.5. The van der Waals surface area contributed by atoms with E-state index in [4.69, 9.17) is 9.84 Å². The summed E-state index contributed by atoms with van der Waals surface area (Å²) >= 11 is 0. The largest absolute Gasteiger partial charge is 0.478 e. The average molecular weight is 277 g/mol. The molecule has 0 fully saturated rings. The van der Waals surface area contributed by atoms with E-state index < -0.39 is 11.5 Å².